The van der Waals surface area contributed by atoms with Gasteiger partial charge >= 0.3 is 6.61 Å². The second-order valence-electron chi connectivity index (χ2n) is 2.47. The minimum absolute atomic E-state index is 0.0431. The number of nitrogens with zero attached hydrogens (tertiary/aromatic N) is 1. The summed E-state index contributed by atoms with van der Waals surface area (Å²) in [5.41, 5.74) is 0.446. The lowest BCUT2D eigenvalue weighted by Crippen LogP contribution is -2.04. The molecule has 0 spiro atoms. The Morgan fingerprint density at radius 2 is 2.21 bits per heavy atom. The van der Waals surface area contributed by atoms with E-state index < -0.39 is 6.61 Å². The van der Waals surface area contributed by atoms with E-state index in [0.717, 1.165) is 4.47 Å². The standard InChI is InChI=1S/C9H6BrF2NO/c10-7-1-2-8(14-9(11)12)6(5-7)3-4-13/h1-2,5,9H,3H2. The molecule has 0 saturated heterocycles. The van der Waals surface area contributed by atoms with E-state index in [9.17, 15) is 8.78 Å². The van der Waals surface area contributed by atoms with Crippen molar-refractivity contribution in [1.82, 2.24) is 0 Å². The highest BCUT2D eigenvalue weighted by molar-refractivity contribution is 9.10. The van der Waals surface area contributed by atoms with Crippen molar-refractivity contribution < 1.29 is 13.5 Å². The van der Waals surface area contributed by atoms with Gasteiger partial charge in [0, 0.05) is 10.0 Å². The highest BCUT2D eigenvalue weighted by Gasteiger charge is 2.09. The van der Waals surface area contributed by atoms with Crippen molar-refractivity contribution in [3.05, 3.63) is 28.2 Å². The zero-order chi connectivity index (χ0) is 10.6. The molecule has 0 unspecified atom stereocenters. The van der Waals surface area contributed by atoms with Crippen LogP contribution in [0.25, 0.3) is 0 Å². The Morgan fingerprint density at radius 1 is 1.50 bits per heavy atom. The first-order valence-electron chi connectivity index (χ1n) is 3.73. The van der Waals surface area contributed by atoms with Crippen molar-refractivity contribution >= 4 is 15.9 Å². The van der Waals surface area contributed by atoms with Gasteiger partial charge in [0.25, 0.3) is 0 Å². The fraction of sp³-hybridized carbons (Fsp3) is 0.222. The average molecular weight is 262 g/mol. The summed E-state index contributed by atoms with van der Waals surface area (Å²) >= 11 is 3.18. The van der Waals surface area contributed by atoms with Gasteiger partial charge in [-0.15, -0.1) is 0 Å². The minimum Gasteiger partial charge on any atom is -0.435 e. The summed E-state index contributed by atoms with van der Waals surface area (Å²) < 4.78 is 28.8. The molecule has 1 aromatic rings. The normalized spacial score (nSPS) is 9.93. The molecule has 0 amide bonds. The number of ether oxygens (including phenoxy) is 1. The molecular weight excluding hydrogens is 256 g/mol. The molecule has 5 heteroatoms. The smallest absolute Gasteiger partial charge is 0.387 e. The predicted molar refractivity (Wildman–Crippen MR) is 50.1 cm³/mol. The van der Waals surface area contributed by atoms with E-state index in [1.54, 1.807) is 12.1 Å². The van der Waals surface area contributed by atoms with Crippen molar-refractivity contribution in [2.24, 2.45) is 0 Å². The molecule has 0 saturated carbocycles. The van der Waals surface area contributed by atoms with E-state index >= 15 is 0 Å². The molecule has 1 aromatic carbocycles. The Hall–Kier alpha value is -1.15. The maximum atomic E-state index is 11.9. The third kappa shape index (κ3) is 2.96. The first-order chi connectivity index (χ1) is 6.63. The molecule has 0 radical (unpaired) electrons. The highest BCUT2D eigenvalue weighted by atomic mass is 79.9. The number of benzene rings is 1. The van der Waals surface area contributed by atoms with Crippen LogP contribution in [-0.4, -0.2) is 6.61 Å². The first-order valence-corrected chi connectivity index (χ1v) is 4.53. The van der Waals surface area contributed by atoms with Crippen molar-refractivity contribution in [2.75, 3.05) is 0 Å². The maximum absolute atomic E-state index is 11.9. The summed E-state index contributed by atoms with van der Waals surface area (Å²) in [5.74, 6) is 0.0461. The molecule has 2 nitrogen and oxygen atoms in total. The zero-order valence-corrected chi connectivity index (χ0v) is 8.59. The number of hydrogen-bond donors (Lipinski definition) is 0. The van der Waals surface area contributed by atoms with E-state index in [-0.39, 0.29) is 12.2 Å². The van der Waals surface area contributed by atoms with Crippen LogP contribution in [0, 0.1) is 11.3 Å². The molecule has 0 aromatic heterocycles. The monoisotopic (exact) mass is 261 g/mol. The fourth-order valence-electron chi connectivity index (χ4n) is 0.982. The number of rotatable bonds is 3. The summed E-state index contributed by atoms with van der Waals surface area (Å²) in [7, 11) is 0. The van der Waals surface area contributed by atoms with Crippen LogP contribution in [0.4, 0.5) is 8.78 Å². The molecule has 0 heterocycles. The minimum atomic E-state index is -2.87. The van der Waals surface area contributed by atoms with Crippen LogP contribution in [-0.2, 0) is 6.42 Å². The summed E-state index contributed by atoms with van der Waals surface area (Å²) in [6, 6.07) is 6.45. The van der Waals surface area contributed by atoms with Gasteiger partial charge in [-0.2, -0.15) is 14.0 Å². The van der Waals surface area contributed by atoms with E-state index in [1.165, 1.54) is 6.07 Å². The van der Waals surface area contributed by atoms with Crippen LogP contribution in [0.1, 0.15) is 5.56 Å². The Morgan fingerprint density at radius 3 is 2.79 bits per heavy atom. The highest BCUT2D eigenvalue weighted by Crippen LogP contribution is 2.24. The van der Waals surface area contributed by atoms with Crippen molar-refractivity contribution in [3.8, 4) is 11.8 Å². The van der Waals surface area contributed by atoms with Crippen LogP contribution in [0.15, 0.2) is 22.7 Å². The summed E-state index contributed by atoms with van der Waals surface area (Å²) in [6.45, 7) is -2.87. The van der Waals surface area contributed by atoms with E-state index in [2.05, 4.69) is 20.7 Å². The lowest BCUT2D eigenvalue weighted by Gasteiger charge is -2.08. The van der Waals surface area contributed by atoms with Crippen LogP contribution < -0.4 is 4.74 Å². The summed E-state index contributed by atoms with van der Waals surface area (Å²) in [4.78, 5) is 0. The third-order valence-corrected chi connectivity index (χ3v) is 2.00. The van der Waals surface area contributed by atoms with Gasteiger partial charge in [-0.3, -0.25) is 0 Å². The van der Waals surface area contributed by atoms with Gasteiger partial charge in [-0.25, -0.2) is 0 Å². The summed E-state index contributed by atoms with van der Waals surface area (Å²) in [5, 5.41) is 8.46. The lowest BCUT2D eigenvalue weighted by molar-refractivity contribution is -0.0503. The lowest BCUT2D eigenvalue weighted by atomic mass is 10.1. The van der Waals surface area contributed by atoms with Crippen molar-refractivity contribution in [1.29, 1.82) is 5.26 Å². The van der Waals surface area contributed by atoms with E-state index in [1.807, 2.05) is 6.07 Å². The number of halogens is 3. The Bertz CT molecular complexity index is 362. The Labute approximate surface area is 88.2 Å². The second-order valence-corrected chi connectivity index (χ2v) is 3.38. The van der Waals surface area contributed by atoms with Crippen LogP contribution >= 0.6 is 15.9 Å². The molecule has 1 rings (SSSR count). The molecule has 0 atom stereocenters. The second kappa shape index (κ2) is 4.91. The average Bonchev–Trinajstić information content (AvgIpc) is 2.09. The predicted octanol–water partition coefficient (Wildman–Crippen LogP) is 3.12. The van der Waals surface area contributed by atoms with Crippen LogP contribution in [0.2, 0.25) is 0 Å². The number of alkyl halides is 2. The van der Waals surface area contributed by atoms with Crippen molar-refractivity contribution in [2.45, 2.75) is 13.0 Å². The molecule has 0 aliphatic rings. The quantitative estimate of drug-likeness (QED) is 0.838. The Kier molecular flexibility index (Phi) is 3.84. The summed E-state index contributed by atoms with van der Waals surface area (Å²) in [6.07, 6.45) is 0.0431. The fourth-order valence-corrected chi connectivity index (χ4v) is 1.39. The van der Waals surface area contributed by atoms with Gasteiger partial charge in [-0.1, -0.05) is 15.9 Å². The SMILES string of the molecule is N#CCc1cc(Br)ccc1OC(F)F. The van der Waals surface area contributed by atoms with Gasteiger partial charge < -0.3 is 4.74 Å². The molecule has 0 fully saturated rings. The van der Waals surface area contributed by atoms with Gasteiger partial charge in [0.15, 0.2) is 0 Å². The van der Waals surface area contributed by atoms with E-state index in [4.69, 9.17) is 5.26 Å². The number of nitriles is 1. The van der Waals surface area contributed by atoms with Crippen LogP contribution in [0.3, 0.4) is 0 Å². The molecule has 0 aliphatic carbocycles. The van der Waals surface area contributed by atoms with Gasteiger partial charge in [0.05, 0.1) is 12.5 Å². The molecule has 74 valence electrons. The first kappa shape index (κ1) is 10.9. The van der Waals surface area contributed by atoms with Gasteiger partial charge in [0.1, 0.15) is 5.75 Å². The van der Waals surface area contributed by atoms with Gasteiger partial charge in [-0.05, 0) is 18.2 Å². The Balaban J connectivity index is 2.97. The molecular formula is C9H6BrF2NO. The molecule has 14 heavy (non-hydrogen) atoms. The van der Waals surface area contributed by atoms with E-state index in [0.29, 0.717) is 5.56 Å². The third-order valence-electron chi connectivity index (χ3n) is 1.51. The number of hydrogen-bond acceptors (Lipinski definition) is 2. The topological polar surface area (TPSA) is 33.0 Å². The molecule has 0 aliphatic heterocycles. The maximum Gasteiger partial charge on any atom is 0.387 e. The van der Waals surface area contributed by atoms with Gasteiger partial charge in [0.2, 0.25) is 0 Å². The largest absolute Gasteiger partial charge is 0.435 e. The van der Waals surface area contributed by atoms with Crippen LogP contribution in [0.5, 0.6) is 5.75 Å². The zero-order valence-electron chi connectivity index (χ0n) is 7.01. The molecule has 0 bridgehead atoms. The van der Waals surface area contributed by atoms with Crippen molar-refractivity contribution in [3.63, 3.8) is 0 Å². The molecule has 0 N–H and O–H groups in total.